The molecule has 1 aromatic carbocycles. The SMILES string of the molecule is Fc1ccc(Br)c(-c2nccc(Cl)n2)c1. The summed E-state index contributed by atoms with van der Waals surface area (Å²) >= 11 is 9.03. The van der Waals surface area contributed by atoms with Gasteiger partial charge >= 0.3 is 0 Å². The average Bonchev–Trinajstić information content (AvgIpc) is 2.22. The summed E-state index contributed by atoms with van der Waals surface area (Å²) in [6.07, 6.45) is 1.53. The summed E-state index contributed by atoms with van der Waals surface area (Å²) in [5.41, 5.74) is 0.581. The quantitative estimate of drug-likeness (QED) is 0.747. The lowest BCUT2D eigenvalue weighted by atomic mass is 10.2. The van der Waals surface area contributed by atoms with Crippen LogP contribution >= 0.6 is 27.5 Å². The van der Waals surface area contributed by atoms with Crippen molar-refractivity contribution >= 4 is 27.5 Å². The first kappa shape index (κ1) is 10.5. The predicted octanol–water partition coefficient (Wildman–Crippen LogP) is 3.70. The molecule has 2 rings (SSSR count). The van der Waals surface area contributed by atoms with Crippen LogP contribution in [0.3, 0.4) is 0 Å². The van der Waals surface area contributed by atoms with Gasteiger partial charge in [-0.1, -0.05) is 27.5 Å². The zero-order valence-corrected chi connectivity index (χ0v) is 9.76. The number of halogens is 3. The Morgan fingerprint density at radius 2 is 2.07 bits per heavy atom. The number of benzene rings is 1. The molecule has 0 bridgehead atoms. The van der Waals surface area contributed by atoms with E-state index < -0.39 is 0 Å². The number of hydrogen-bond acceptors (Lipinski definition) is 2. The number of aromatic nitrogens is 2. The first-order chi connectivity index (χ1) is 7.16. The average molecular weight is 288 g/mol. The molecule has 0 N–H and O–H groups in total. The zero-order chi connectivity index (χ0) is 10.8. The Hall–Kier alpha value is -1.00. The van der Waals surface area contributed by atoms with Crippen molar-refractivity contribution in [3.8, 4) is 11.4 Å². The van der Waals surface area contributed by atoms with Gasteiger partial charge in [0, 0.05) is 16.2 Å². The predicted molar refractivity (Wildman–Crippen MR) is 60.1 cm³/mol. The van der Waals surface area contributed by atoms with Crippen molar-refractivity contribution < 1.29 is 4.39 Å². The van der Waals surface area contributed by atoms with Gasteiger partial charge in [-0.2, -0.15) is 0 Å². The van der Waals surface area contributed by atoms with Crippen LogP contribution in [0.25, 0.3) is 11.4 Å². The number of nitrogens with zero attached hydrogens (tertiary/aromatic N) is 2. The molecule has 0 atom stereocenters. The van der Waals surface area contributed by atoms with Gasteiger partial charge in [0.2, 0.25) is 0 Å². The summed E-state index contributed by atoms with van der Waals surface area (Å²) in [7, 11) is 0. The van der Waals surface area contributed by atoms with Crippen LogP contribution in [0.2, 0.25) is 5.15 Å². The summed E-state index contributed by atoms with van der Waals surface area (Å²) in [6.45, 7) is 0. The van der Waals surface area contributed by atoms with Crippen molar-refractivity contribution in [3.63, 3.8) is 0 Å². The number of hydrogen-bond donors (Lipinski definition) is 0. The van der Waals surface area contributed by atoms with Gasteiger partial charge in [-0.15, -0.1) is 0 Å². The lowest BCUT2D eigenvalue weighted by Crippen LogP contribution is -1.90. The second kappa shape index (κ2) is 4.24. The fourth-order valence-electron chi connectivity index (χ4n) is 1.14. The van der Waals surface area contributed by atoms with Crippen molar-refractivity contribution in [2.24, 2.45) is 0 Å². The molecule has 0 aliphatic carbocycles. The maximum absolute atomic E-state index is 13.0. The van der Waals surface area contributed by atoms with Gasteiger partial charge in [0.05, 0.1) is 0 Å². The van der Waals surface area contributed by atoms with Gasteiger partial charge in [-0.3, -0.25) is 0 Å². The zero-order valence-electron chi connectivity index (χ0n) is 7.42. The largest absolute Gasteiger partial charge is 0.236 e. The second-order valence-corrected chi connectivity index (χ2v) is 4.07. The lowest BCUT2D eigenvalue weighted by Gasteiger charge is -2.02. The fourth-order valence-corrected chi connectivity index (χ4v) is 1.70. The van der Waals surface area contributed by atoms with Crippen LogP contribution in [-0.2, 0) is 0 Å². The molecule has 0 amide bonds. The molecule has 76 valence electrons. The first-order valence-corrected chi connectivity index (χ1v) is 5.28. The minimum absolute atomic E-state index is 0.330. The topological polar surface area (TPSA) is 25.8 Å². The van der Waals surface area contributed by atoms with E-state index >= 15 is 0 Å². The molecule has 0 saturated carbocycles. The van der Waals surface area contributed by atoms with E-state index in [0.717, 1.165) is 4.47 Å². The first-order valence-electron chi connectivity index (χ1n) is 4.11. The minimum atomic E-state index is -0.336. The highest BCUT2D eigenvalue weighted by atomic mass is 79.9. The van der Waals surface area contributed by atoms with Crippen molar-refractivity contribution in [1.29, 1.82) is 0 Å². The Morgan fingerprint density at radius 3 is 2.80 bits per heavy atom. The summed E-state index contributed by atoms with van der Waals surface area (Å²) < 4.78 is 13.8. The monoisotopic (exact) mass is 286 g/mol. The van der Waals surface area contributed by atoms with E-state index in [0.29, 0.717) is 16.5 Å². The van der Waals surface area contributed by atoms with E-state index in [2.05, 4.69) is 25.9 Å². The summed E-state index contributed by atoms with van der Waals surface area (Å²) in [5.74, 6) is 0.0608. The maximum atomic E-state index is 13.0. The van der Waals surface area contributed by atoms with Crippen LogP contribution < -0.4 is 0 Å². The Kier molecular flexibility index (Phi) is 2.98. The molecule has 0 spiro atoms. The Bertz CT molecular complexity index is 505. The fraction of sp³-hybridized carbons (Fsp3) is 0. The molecule has 2 aromatic rings. The molecule has 1 aromatic heterocycles. The van der Waals surface area contributed by atoms with Gasteiger partial charge in [0.15, 0.2) is 5.82 Å². The number of rotatable bonds is 1. The van der Waals surface area contributed by atoms with Gasteiger partial charge < -0.3 is 0 Å². The smallest absolute Gasteiger partial charge is 0.162 e. The van der Waals surface area contributed by atoms with E-state index in [1.165, 1.54) is 18.3 Å². The molecular weight excluding hydrogens is 282 g/mol. The van der Waals surface area contributed by atoms with E-state index in [-0.39, 0.29) is 5.82 Å². The van der Waals surface area contributed by atoms with Crippen LogP contribution in [0.1, 0.15) is 0 Å². The highest BCUT2D eigenvalue weighted by Crippen LogP contribution is 2.26. The van der Waals surface area contributed by atoms with E-state index in [4.69, 9.17) is 11.6 Å². The maximum Gasteiger partial charge on any atom is 0.162 e. The van der Waals surface area contributed by atoms with Gasteiger partial charge in [-0.25, -0.2) is 14.4 Å². The van der Waals surface area contributed by atoms with Crippen molar-refractivity contribution in [2.75, 3.05) is 0 Å². The normalized spacial score (nSPS) is 10.3. The van der Waals surface area contributed by atoms with Gasteiger partial charge in [-0.05, 0) is 24.3 Å². The minimum Gasteiger partial charge on any atom is -0.236 e. The standard InChI is InChI=1S/C10H5BrClFN2/c11-8-2-1-6(13)5-7(8)10-14-4-3-9(12)15-10/h1-5H. The molecule has 0 unspecified atom stereocenters. The van der Waals surface area contributed by atoms with Crippen LogP contribution in [-0.4, -0.2) is 9.97 Å². The van der Waals surface area contributed by atoms with Crippen molar-refractivity contribution in [2.45, 2.75) is 0 Å². The summed E-state index contributed by atoms with van der Waals surface area (Å²) in [4.78, 5) is 8.02. The van der Waals surface area contributed by atoms with Crippen LogP contribution in [0.15, 0.2) is 34.9 Å². The van der Waals surface area contributed by atoms with Crippen LogP contribution in [0, 0.1) is 5.82 Å². The van der Waals surface area contributed by atoms with E-state index in [1.807, 2.05) is 0 Å². The van der Waals surface area contributed by atoms with Crippen LogP contribution in [0.4, 0.5) is 4.39 Å². The Labute approximate surface area is 99.3 Å². The molecule has 1 heterocycles. The van der Waals surface area contributed by atoms with Gasteiger partial charge in [0.25, 0.3) is 0 Å². The molecule has 0 saturated heterocycles. The Morgan fingerprint density at radius 1 is 1.27 bits per heavy atom. The van der Waals surface area contributed by atoms with E-state index in [9.17, 15) is 4.39 Å². The van der Waals surface area contributed by atoms with Crippen molar-refractivity contribution in [1.82, 2.24) is 9.97 Å². The van der Waals surface area contributed by atoms with E-state index in [1.54, 1.807) is 12.1 Å². The third-order valence-corrected chi connectivity index (χ3v) is 2.69. The lowest BCUT2D eigenvalue weighted by molar-refractivity contribution is 0.628. The summed E-state index contributed by atoms with van der Waals surface area (Å²) in [5, 5.41) is 0.330. The molecule has 0 aliphatic heterocycles. The molecule has 0 fully saturated rings. The molecule has 2 nitrogen and oxygen atoms in total. The molecule has 0 aliphatic rings. The highest BCUT2D eigenvalue weighted by Gasteiger charge is 2.07. The van der Waals surface area contributed by atoms with Crippen LogP contribution in [0.5, 0.6) is 0 Å². The molecule has 15 heavy (non-hydrogen) atoms. The molecular formula is C10H5BrClFN2. The Balaban J connectivity index is 2.58. The van der Waals surface area contributed by atoms with Crippen molar-refractivity contribution in [3.05, 3.63) is 45.9 Å². The summed E-state index contributed by atoms with van der Waals surface area (Å²) in [6, 6.07) is 5.89. The van der Waals surface area contributed by atoms with Gasteiger partial charge in [0.1, 0.15) is 11.0 Å². The highest BCUT2D eigenvalue weighted by molar-refractivity contribution is 9.10. The molecule has 5 heteroatoms. The third-order valence-electron chi connectivity index (χ3n) is 1.79. The molecule has 0 radical (unpaired) electrons. The third kappa shape index (κ3) is 2.33. The second-order valence-electron chi connectivity index (χ2n) is 2.83.